The van der Waals surface area contributed by atoms with E-state index in [1.165, 1.54) is 11.3 Å². The Labute approximate surface area is 246 Å². The lowest BCUT2D eigenvalue weighted by molar-refractivity contribution is -0.134. The molecule has 0 spiro atoms. The molecule has 41 heavy (non-hydrogen) atoms. The number of nitrogens with zero attached hydrogens (tertiary/aromatic N) is 4. The van der Waals surface area contributed by atoms with E-state index in [-0.39, 0.29) is 17.7 Å². The van der Waals surface area contributed by atoms with Gasteiger partial charge < -0.3 is 23.9 Å². The van der Waals surface area contributed by atoms with E-state index in [1.807, 2.05) is 30.3 Å². The van der Waals surface area contributed by atoms with E-state index in [0.29, 0.717) is 86.1 Å². The van der Waals surface area contributed by atoms with Crippen molar-refractivity contribution in [2.45, 2.75) is 45.1 Å². The summed E-state index contributed by atoms with van der Waals surface area (Å²) >= 11 is 6.29. The number of hydrogen-bond donors (Lipinski definition) is 0. The van der Waals surface area contributed by atoms with Gasteiger partial charge in [0.25, 0.3) is 11.8 Å². The van der Waals surface area contributed by atoms with E-state index in [0.717, 1.165) is 5.56 Å². The molecule has 0 fully saturated rings. The Balaban J connectivity index is 1.61. The zero-order chi connectivity index (χ0) is 29.4. The van der Waals surface area contributed by atoms with Gasteiger partial charge in [0.05, 0.1) is 12.2 Å². The topological polar surface area (TPSA) is 96.2 Å². The largest absolute Gasteiger partial charge is 0.493 e. The number of benzene rings is 2. The van der Waals surface area contributed by atoms with Gasteiger partial charge in [-0.15, -0.1) is 0 Å². The summed E-state index contributed by atoms with van der Waals surface area (Å²) in [6.07, 6.45) is 4.43. The number of likely N-dealkylation sites (N-methyl/N-ethyl adjacent to an activating group) is 2. The molecular formula is C31H37ClN4O5. The van der Waals surface area contributed by atoms with Gasteiger partial charge in [-0.05, 0) is 56.4 Å². The summed E-state index contributed by atoms with van der Waals surface area (Å²) in [7, 11) is 3.40. The Bertz CT molecular complexity index is 1350. The zero-order valence-corrected chi connectivity index (χ0v) is 24.6. The smallest absolute Gasteiger partial charge is 0.276 e. The van der Waals surface area contributed by atoms with Gasteiger partial charge in [-0.2, -0.15) is 0 Å². The van der Waals surface area contributed by atoms with Gasteiger partial charge in [0.15, 0.2) is 12.1 Å². The van der Waals surface area contributed by atoms with Crippen LogP contribution in [0.3, 0.4) is 0 Å². The van der Waals surface area contributed by atoms with E-state index in [4.69, 9.17) is 20.8 Å². The molecule has 10 heteroatoms. The van der Waals surface area contributed by atoms with Crippen LogP contribution in [0.4, 0.5) is 0 Å². The number of ether oxygens (including phenoxy) is 1. The summed E-state index contributed by atoms with van der Waals surface area (Å²) in [5, 5.41) is 0.403. The fourth-order valence-electron chi connectivity index (χ4n) is 4.93. The van der Waals surface area contributed by atoms with Crippen LogP contribution in [0.2, 0.25) is 5.02 Å². The Morgan fingerprint density at radius 1 is 1.00 bits per heavy atom. The molecular weight excluding hydrogens is 544 g/mol. The Kier molecular flexibility index (Phi) is 10.4. The maximum atomic E-state index is 13.8. The van der Waals surface area contributed by atoms with Crippen LogP contribution in [0.25, 0.3) is 0 Å². The molecule has 1 aromatic heterocycles. The van der Waals surface area contributed by atoms with Crippen LogP contribution in [-0.4, -0.2) is 83.8 Å². The average Bonchev–Trinajstić information content (AvgIpc) is 3.41. The van der Waals surface area contributed by atoms with Crippen LogP contribution < -0.4 is 4.74 Å². The molecule has 0 bridgehead atoms. The second-order valence-corrected chi connectivity index (χ2v) is 10.8. The molecule has 218 valence electrons. The maximum absolute atomic E-state index is 13.8. The number of rotatable bonds is 3. The molecule has 3 amide bonds. The Hall–Kier alpha value is -3.85. The third-order valence-electron chi connectivity index (χ3n) is 7.38. The monoisotopic (exact) mass is 580 g/mol. The van der Waals surface area contributed by atoms with E-state index in [2.05, 4.69) is 4.98 Å². The third-order valence-corrected chi connectivity index (χ3v) is 7.61. The van der Waals surface area contributed by atoms with Gasteiger partial charge in [-0.3, -0.25) is 14.4 Å². The number of halogens is 1. The second-order valence-electron chi connectivity index (χ2n) is 10.3. The Morgan fingerprint density at radius 3 is 2.41 bits per heavy atom. The van der Waals surface area contributed by atoms with Crippen molar-refractivity contribution < 1.29 is 23.5 Å². The summed E-state index contributed by atoms with van der Waals surface area (Å²) in [6, 6.07) is 13.9. The van der Waals surface area contributed by atoms with E-state index >= 15 is 0 Å². The standard InChI is InChI=1S/C31H37ClN4O5/c1-22-28(33-21-41-22)31(39)36-16-8-7-15-34(2)30(38)26(19-23-11-5-4-6-12-23)35(3)29(37)25-20-24(32)13-14-27(25)40-18-10-9-17-36/h4-6,11-14,20-21,26H,7-10,15-19H2,1-3H3/t26-/m0/s1. The zero-order valence-electron chi connectivity index (χ0n) is 23.8. The van der Waals surface area contributed by atoms with Crippen LogP contribution in [0.5, 0.6) is 5.75 Å². The molecule has 1 aliphatic rings. The van der Waals surface area contributed by atoms with Crippen molar-refractivity contribution in [1.82, 2.24) is 19.7 Å². The van der Waals surface area contributed by atoms with Crippen molar-refractivity contribution in [2.24, 2.45) is 0 Å². The maximum Gasteiger partial charge on any atom is 0.276 e. The Morgan fingerprint density at radius 2 is 1.71 bits per heavy atom. The highest BCUT2D eigenvalue weighted by Gasteiger charge is 2.31. The molecule has 0 saturated carbocycles. The lowest BCUT2D eigenvalue weighted by atomic mass is 10.0. The van der Waals surface area contributed by atoms with E-state index in [1.54, 1.807) is 49.0 Å². The number of hydrogen-bond acceptors (Lipinski definition) is 6. The van der Waals surface area contributed by atoms with Crippen LogP contribution in [0.1, 0.15) is 57.9 Å². The number of fused-ring (bicyclic) bond motifs is 1. The summed E-state index contributed by atoms with van der Waals surface area (Å²) in [4.78, 5) is 49.9. The minimum absolute atomic E-state index is 0.162. The summed E-state index contributed by atoms with van der Waals surface area (Å²) in [5.74, 6) is 0.218. The second kappa shape index (κ2) is 14.2. The fraction of sp³-hybridized carbons (Fsp3) is 0.419. The van der Waals surface area contributed by atoms with Crippen molar-refractivity contribution in [3.05, 3.63) is 82.5 Å². The van der Waals surface area contributed by atoms with Crippen LogP contribution in [0.15, 0.2) is 59.3 Å². The first-order chi connectivity index (χ1) is 19.8. The van der Waals surface area contributed by atoms with E-state index < -0.39 is 6.04 Å². The van der Waals surface area contributed by atoms with Gasteiger partial charge in [0, 0.05) is 45.2 Å². The summed E-state index contributed by atoms with van der Waals surface area (Å²) in [6.45, 7) is 3.62. The number of aromatic nitrogens is 1. The van der Waals surface area contributed by atoms with Crippen molar-refractivity contribution in [2.75, 3.05) is 40.3 Å². The normalized spacial score (nSPS) is 18.0. The molecule has 0 unspecified atom stereocenters. The van der Waals surface area contributed by atoms with E-state index in [9.17, 15) is 14.4 Å². The van der Waals surface area contributed by atoms with Crippen molar-refractivity contribution in [3.8, 4) is 5.75 Å². The number of oxazole rings is 1. The van der Waals surface area contributed by atoms with Gasteiger partial charge in [0.2, 0.25) is 5.91 Å². The quantitative estimate of drug-likeness (QED) is 0.438. The minimum Gasteiger partial charge on any atom is -0.493 e. The van der Waals surface area contributed by atoms with Gasteiger partial charge in [0.1, 0.15) is 17.6 Å². The first-order valence-corrected chi connectivity index (χ1v) is 14.3. The van der Waals surface area contributed by atoms with Gasteiger partial charge in [-0.1, -0.05) is 41.9 Å². The van der Waals surface area contributed by atoms with Crippen molar-refractivity contribution in [3.63, 3.8) is 0 Å². The summed E-state index contributed by atoms with van der Waals surface area (Å²) < 4.78 is 11.3. The summed E-state index contributed by atoms with van der Waals surface area (Å²) in [5.41, 5.74) is 1.57. The molecule has 0 N–H and O–H groups in total. The molecule has 9 nitrogen and oxygen atoms in total. The molecule has 2 aromatic carbocycles. The van der Waals surface area contributed by atoms with Gasteiger partial charge in [-0.25, -0.2) is 4.98 Å². The average molecular weight is 581 g/mol. The predicted molar refractivity (Wildman–Crippen MR) is 156 cm³/mol. The van der Waals surface area contributed by atoms with Crippen molar-refractivity contribution >= 4 is 29.3 Å². The molecule has 0 saturated heterocycles. The molecule has 4 rings (SSSR count). The highest BCUT2D eigenvalue weighted by Crippen LogP contribution is 2.26. The lowest BCUT2D eigenvalue weighted by Crippen LogP contribution is -2.49. The molecule has 0 aliphatic carbocycles. The molecule has 1 aliphatic heterocycles. The first-order valence-electron chi connectivity index (χ1n) is 13.9. The van der Waals surface area contributed by atoms with Crippen LogP contribution in [-0.2, 0) is 11.2 Å². The van der Waals surface area contributed by atoms with Crippen LogP contribution >= 0.6 is 11.6 Å². The van der Waals surface area contributed by atoms with Gasteiger partial charge >= 0.3 is 0 Å². The first kappa shape index (κ1) is 30.1. The molecule has 0 radical (unpaired) electrons. The SMILES string of the molecule is Cc1ocnc1C(=O)N1CCCCOc2ccc(Cl)cc2C(=O)N(C)[C@@H](Cc2ccccc2)C(=O)N(C)CCCC1. The number of aryl methyl sites for hydroxylation is 1. The number of carbonyl (C=O) groups is 3. The highest BCUT2D eigenvalue weighted by atomic mass is 35.5. The van der Waals surface area contributed by atoms with Crippen LogP contribution in [0, 0.1) is 6.92 Å². The highest BCUT2D eigenvalue weighted by molar-refractivity contribution is 6.31. The minimum atomic E-state index is -0.731. The third kappa shape index (κ3) is 7.67. The fourth-order valence-corrected chi connectivity index (χ4v) is 5.10. The predicted octanol–water partition coefficient (Wildman–Crippen LogP) is 4.87. The number of carbonyl (C=O) groups excluding carboxylic acids is 3. The molecule has 1 atom stereocenters. The lowest BCUT2D eigenvalue weighted by Gasteiger charge is -2.31. The van der Waals surface area contributed by atoms with Crippen molar-refractivity contribution in [1.29, 1.82) is 0 Å². The molecule has 2 heterocycles. The molecule has 3 aromatic rings. The number of amides is 3.